The number of nitrogens with zero attached hydrogens (tertiary/aromatic N) is 5. The van der Waals surface area contributed by atoms with Crippen molar-refractivity contribution in [2.75, 3.05) is 6.54 Å². The van der Waals surface area contributed by atoms with Crippen molar-refractivity contribution in [3.8, 4) is 5.95 Å². The van der Waals surface area contributed by atoms with Gasteiger partial charge >= 0.3 is 6.18 Å². The summed E-state index contributed by atoms with van der Waals surface area (Å²) in [7, 11) is 0. The van der Waals surface area contributed by atoms with E-state index >= 15 is 0 Å². The van der Waals surface area contributed by atoms with E-state index in [0.717, 1.165) is 10.2 Å². The average Bonchev–Trinajstić information content (AvgIpc) is 3.26. The van der Waals surface area contributed by atoms with Crippen LogP contribution >= 0.6 is 12.4 Å². The molecule has 3 rings (SSSR count). The van der Waals surface area contributed by atoms with E-state index in [9.17, 15) is 18.0 Å². The number of aromatic amines is 1. The number of carbonyl (C=O) groups is 1. The lowest BCUT2D eigenvalue weighted by Gasteiger charge is -2.12. The van der Waals surface area contributed by atoms with Crippen molar-refractivity contribution in [3.05, 3.63) is 53.4 Å². The maximum absolute atomic E-state index is 12.6. The lowest BCUT2D eigenvalue weighted by atomic mass is 10.1. The van der Waals surface area contributed by atoms with Gasteiger partial charge in [0.2, 0.25) is 11.6 Å². The van der Waals surface area contributed by atoms with Gasteiger partial charge in [-0.25, -0.2) is 4.98 Å². The molecule has 0 aliphatic carbocycles. The highest BCUT2D eigenvalue weighted by molar-refractivity contribution is 5.90. The Labute approximate surface area is 163 Å². The maximum atomic E-state index is 12.6. The van der Waals surface area contributed by atoms with E-state index in [1.54, 1.807) is 5.10 Å². The highest BCUT2D eigenvalue weighted by Crippen LogP contribution is 2.26. The molecule has 2 heterocycles. The summed E-state index contributed by atoms with van der Waals surface area (Å²) in [6.07, 6.45) is -4.67. The standard InChI is InChI=1S/C15H15F3N8O.ClH/c1-8-21-11(12(27)20-7-10(19)9-5-3-2-4-6-9)25-26(8)14-22-13(23-24-14)15(16,17)18;/h2-6,10H,7,19H2,1H3,(H,20,27)(H,22,23,24);1H. The summed E-state index contributed by atoms with van der Waals surface area (Å²) in [5.41, 5.74) is 6.84. The minimum Gasteiger partial charge on any atom is -0.347 e. The minimum atomic E-state index is -4.67. The van der Waals surface area contributed by atoms with E-state index in [1.165, 1.54) is 6.92 Å². The van der Waals surface area contributed by atoms with Crippen LogP contribution in [0.4, 0.5) is 13.2 Å². The first kappa shape index (κ1) is 21.3. The number of hydrogen-bond donors (Lipinski definition) is 3. The van der Waals surface area contributed by atoms with E-state index in [4.69, 9.17) is 5.73 Å². The molecule has 4 N–H and O–H groups in total. The van der Waals surface area contributed by atoms with Crippen molar-refractivity contribution >= 4 is 18.3 Å². The second kappa shape index (κ2) is 8.35. The van der Waals surface area contributed by atoms with Crippen LogP contribution < -0.4 is 11.1 Å². The van der Waals surface area contributed by atoms with Gasteiger partial charge in [-0.2, -0.15) is 22.8 Å². The largest absolute Gasteiger partial charge is 0.451 e. The summed E-state index contributed by atoms with van der Waals surface area (Å²) in [6.45, 7) is 1.60. The predicted octanol–water partition coefficient (Wildman–Crippen LogP) is 1.56. The predicted molar refractivity (Wildman–Crippen MR) is 94.0 cm³/mol. The molecule has 1 atom stereocenters. The number of nitrogens with two attached hydrogens (primary N) is 1. The van der Waals surface area contributed by atoms with Crippen LogP contribution in [0.2, 0.25) is 0 Å². The highest BCUT2D eigenvalue weighted by atomic mass is 35.5. The zero-order valence-corrected chi connectivity index (χ0v) is 15.3. The molecule has 0 saturated heterocycles. The van der Waals surface area contributed by atoms with Gasteiger partial charge in [0, 0.05) is 12.6 Å². The first-order valence-electron chi connectivity index (χ1n) is 7.78. The lowest BCUT2D eigenvalue weighted by molar-refractivity contribution is -0.144. The molecule has 150 valence electrons. The fraction of sp³-hybridized carbons (Fsp3) is 0.267. The molecule has 0 aliphatic rings. The van der Waals surface area contributed by atoms with Crippen LogP contribution in [0.1, 0.15) is 33.9 Å². The van der Waals surface area contributed by atoms with Crippen LogP contribution in [0, 0.1) is 6.92 Å². The number of amides is 1. The van der Waals surface area contributed by atoms with Crippen LogP contribution in [0.15, 0.2) is 30.3 Å². The second-order valence-electron chi connectivity index (χ2n) is 5.60. The number of carbonyl (C=O) groups excluding carboxylic acids is 1. The molecule has 0 spiro atoms. The number of H-pyrrole nitrogens is 1. The summed E-state index contributed by atoms with van der Waals surface area (Å²) >= 11 is 0. The molecule has 0 radical (unpaired) electrons. The Kier molecular flexibility index (Phi) is 6.36. The summed E-state index contributed by atoms with van der Waals surface area (Å²) < 4.78 is 38.8. The monoisotopic (exact) mass is 416 g/mol. The lowest BCUT2D eigenvalue weighted by Crippen LogP contribution is -2.32. The van der Waals surface area contributed by atoms with Gasteiger partial charge in [-0.15, -0.1) is 22.6 Å². The molecule has 0 bridgehead atoms. The number of nitrogens with one attached hydrogen (secondary N) is 2. The van der Waals surface area contributed by atoms with Gasteiger partial charge in [-0.05, 0) is 12.5 Å². The number of aryl methyl sites for hydroxylation is 1. The Bertz CT molecular complexity index is 940. The van der Waals surface area contributed by atoms with Crippen LogP contribution in [-0.2, 0) is 6.18 Å². The van der Waals surface area contributed by atoms with E-state index in [1.807, 2.05) is 30.3 Å². The molecule has 3 aromatic rings. The molecule has 1 unspecified atom stereocenters. The molecule has 9 nitrogen and oxygen atoms in total. The average molecular weight is 417 g/mol. The van der Waals surface area contributed by atoms with Crippen LogP contribution in [0.3, 0.4) is 0 Å². The molecule has 2 aromatic heterocycles. The van der Waals surface area contributed by atoms with Crippen LogP contribution in [-0.4, -0.2) is 42.4 Å². The summed E-state index contributed by atoms with van der Waals surface area (Å²) in [5.74, 6) is -2.33. The number of rotatable bonds is 5. The third-order valence-electron chi connectivity index (χ3n) is 3.61. The van der Waals surface area contributed by atoms with Crippen molar-refractivity contribution in [3.63, 3.8) is 0 Å². The Hall–Kier alpha value is -2.99. The van der Waals surface area contributed by atoms with Gasteiger partial charge in [-0.1, -0.05) is 30.3 Å². The van der Waals surface area contributed by atoms with Crippen molar-refractivity contribution in [1.82, 2.24) is 35.3 Å². The maximum Gasteiger partial charge on any atom is 0.451 e. The van der Waals surface area contributed by atoms with E-state index < -0.39 is 23.9 Å². The Morgan fingerprint density at radius 2 is 1.96 bits per heavy atom. The number of halogens is 4. The molecular formula is C15H16ClF3N8O. The van der Waals surface area contributed by atoms with E-state index in [-0.39, 0.29) is 36.5 Å². The molecular weight excluding hydrogens is 401 g/mol. The molecule has 1 amide bonds. The highest BCUT2D eigenvalue weighted by Gasteiger charge is 2.35. The molecule has 0 saturated carbocycles. The normalized spacial score (nSPS) is 12.3. The molecule has 1 aromatic carbocycles. The fourth-order valence-electron chi connectivity index (χ4n) is 2.25. The van der Waals surface area contributed by atoms with Gasteiger partial charge in [0.25, 0.3) is 11.9 Å². The van der Waals surface area contributed by atoms with Crippen molar-refractivity contribution in [2.24, 2.45) is 5.73 Å². The van der Waals surface area contributed by atoms with Gasteiger partial charge in [0.1, 0.15) is 5.82 Å². The van der Waals surface area contributed by atoms with Crippen LogP contribution in [0.25, 0.3) is 5.95 Å². The van der Waals surface area contributed by atoms with Crippen molar-refractivity contribution in [1.29, 1.82) is 0 Å². The first-order chi connectivity index (χ1) is 12.8. The summed E-state index contributed by atoms with van der Waals surface area (Å²) in [4.78, 5) is 19.5. The Balaban J connectivity index is 0.00000280. The number of aromatic nitrogens is 6. The smallest absolute Gasteiger partial charge is 0.347 e. The van der Waals surface area contributed by atoms with Gasteiger partial charge in [0.05, 0.1) is 0 Å². The van der Waals surface area contributed by atoms with Gasteiger partial charge < -0.3 is 11.1 Å². The van der Waals surface area contributed by atoms with E-state index in [0.29, 0.717) is 0 Å². The van der Waals surface area contributed by atoms with Gasteiger partial charge in [-0.3, -0.25) is 9.89 Å². The quantitative estimate of drug-likeness (QED) is 0.579. The second-order valence-corrected chi connectivity index (χ2v) is 5.60. The zero-order valence-electron chi connectivity index (χ0n) is 14.4. The number of hydrogen-bond acceptors (Lipinski definition) is 6. The summed E-state index contributed by atoms with van der Waals surface area (Å²) in [5, 5.41) is 11.7. The minimum absolute atomic E-state index is 0. The Morgan fingerprint density at radius 1 is 1.29 bits per heavy atom. The Morgan fingerprint density at radius 3 is 2.57 bits per heavy atom. The third kappa shape index (κ3) is 4.64. The third-order valence-corrected chi connectivity index (χ3v) is 3.61. The van der Waals surface area contributed by atoms with Gasteiger partial charge in [0.15, 0.2) is 0 Å². The topological polar surface area (TPSA) is 127 Å². The van der Waals surface area contributed by atoms with Crippen molar-refractivity contribution in [2.45, 2.75) is 19.1 Å². The first-order valence-corrected chi connectivity index (χ1v) is 7.78. The number of alkyl halides is 3. The number of benzene rings is 1. The van der Waals surface area contributed by atoms with Crippen molar-refractivity contribution < 1.29 is 18.0 Å². The molecule has 13 heteroatoms. The molecule has 0 fully saturated rings. The SMILES string of the molecule is Cc1nc(C(=O)NCC(N)c2ccccc2)nn1-c1n[nH]c(C(F)(F)F)n1.Cl. The summed E-state index contributed by atoms with van der Waals surface area (Å²) in [6, 6.07) is 8.73. The van der Waals surface area contributed by atoms with E-state index in [2.05, 4.69) is 25.5 Å². The molecule has 0 aliphatic heterocycles. The van der Waals surface area contributed by atoms with Crippen LogP contribution in [0.5, 0.6) is 0 Å². The zero-order chi connectivity index (χ0) is 19.6. The molecule has 28 heavy (non-hydrogen) atoms. The fourth-order valence-corrected chi connectivity index (χ4v) is 2.25.